The van der Waals surface area contributed by atoms with Gasteiger partial charge in [-0.3, -0.25) is 0 Å². The molecule has 14 heavy (non-hydrogen) atoms. The number of aryl methyl sites for hydroxylation is 1. The molecule has 0 spiro atoms. The predicted octanol–water partition coefficient (Wildman–Crippen LogP) is 2.22. The van der Waals surface area contributed by atoms with Crippen molar-refractivity contribution in [1.82, 2.24) is 9.36 Å². The molecule has 2 aromatic rings. The van der Waals surface area contributed by atoms with Crippen molar-refractivity contribution in [3.8, 4) is 10.9 Å². The van der Waals surface area contributed by atoms with Crippen molar-refractivity contribution in [1.29, 1.82) is 0 Å². The van der Waals surface area contributed by atoms with E-state index in [1.54, 1.807) is 6.07 Å². The Labute approximate surface area is 85.5 Å². The Kier molecular flexibility index (Phi) is 2.32. The monoisotopic (exact) mass is 207 g/mol. The highest BCUT2D eigenvalue weighted by molar-refractivity contribution is 7.07. The highest BCUT2D eigenvalue weighted by Crippen LogP contribution is 2.26. The molecular weight excluding hydrogens is 198 g/mol. The lowest BCUT2D eigenvalue weighted by atomic mass is 10.2. The largest absolute Gasteiger partial charge is 0.430 e. The van der Waals surface area contributed by atoms with Gasteiger partial charge in [-0.1, -0.05) is 6.07 Å². The topological polar surface area (TPSA) is 61.0 Å². The van der Waals surface area contributed by atoms with Crippen LogP contribution in [0, 0.1) is 6.92 Å². The minimum Gasteiger partial charge on any atom is -0.430 e. The SMILES string of the molecule is Cc1ccc(N)cc1Oc1ncns1. The van der Waals surface area contributed by atoms with Crippen molar-refractivity contribution in [3.63, 3.8) is 0 Å². The van der Waals surface area contributed by atoms with Crippen molar-refractivity contribution in [3.05, 3.63) is 30.1 Å². The molecule has 72 valence electrons. The van der Waals surface area contributed by atoms with Gasteiger partial charge in [0.1, 0.15) is 12.1 Å². The fourth-order valence-electron chi connectivity index (χ4n) is 1.03. The molecule has 0 aliphatic carbocycles. The number of hydrogen-bond donors (Lipinski definition) is 1. The van der Waals surface area contributed by atoms with E-state index in [0.717, 1.165) is 11.3 Å². The van der Waals surface area contributed by atoms with E-state index in [1.807, 2.05) is 19.1 Å². The van der Waals surface area contributed by atoms with Crippen molar-refractivity contribution >= 4 is 17.2 Å². The van der Waals surface area contributed by atoms with E-state index >= 15 is 0 Å². The molecule has 1 heterocycles. The third-order valence-electron chi connectivity index (χ3n) is 1.75. The van der Waals surface area contributed by atoms with E-state index in [1.165, 1.54) is 17.9 Å². The molecule has 0 fully saturated rings. The Morgan fingerprint density at radius 1 is 1.43 bits per heavy atom. The summed E-state index contributed by atoms with van der Waals surface area (Å²) in [5.74, 6) is 0.724. The van der Waals surface area contributed by atoms with Crippen LogP contribution < -0.4 is 10.5 Å². The summed E-state index contributed by atoms with van der Waals surface area (Å²) in [6, 6.07) is 5.52. The van der Waals surface area contributed by atoms with Gasteiger partial charge in [0.25, 0.3) is 5.19 Å². The van der Waals surface area contributed by atoms with Crippen LogP contribution in [-0.2, 0) is 0 Å². The number of anilines is 1. The summed E-state index contributed by atoms with van der Waals surface area (Å²) in [5, 5.41) is 0.527. The summed E-state index contributed by atoms with van der Waals surface area (Å²) in [5.41, 5.74) is 7.34. The van der Waals surface area contributed by atoms with E-state index in [4.69, 9.17) is 10.5 Å². The zero-order chi connectivity index (χ0) is 9.97. The number of hydrogen-bond acceptors (Lipinski definition) is 5. The van der Waals surface area contributed by atoms with Crippen molar-refractivity contribution in [2.45, 2.75) is 6.92 Å². The lowest BCUT2D eigenvalue weighted by Crippen LogP contribution is -1.90. The lowest BCUT2D eigenvalue weighted by Gasteiger charge is -2.05. The van der Waals surface area contributed by atoms with Crippen LogP contribution in [0.3, 0.4) is 0 Å². The van der Waals surface area contributed by atoms with E-state index in [-0.39, 0.29) is 0 Å². The second-order valence-corrected chi connectivity index (χ2v) is 3.58. The number of aromatic nitrogens is 2. The van der Waals surface area contributed by atoms with Gasteiger partial charge in [0.2, 0.25) is 0 Å². The molecule has 2 N–H and O–H groups in total. The molecule has 4 nitrogen and oxygen atoms in total. The van der Waals surface area contributed by atoms with Gasteiger partial charge in [0.05, 0.1) is 0 Å². The maximum atomic E-state index is 5.64. The van der Waals surface area contributed by atoms with Crippen molar-refractivity contribution in [2.75, 3.05) is 5.73 Å². The summed E-state index contributed by atoms with van der Waals surface area (Å²) in [6.07, 6.45) is 1.46. The first-order chi connectivity index (χ1) is 6.75. The fraction of sp³-hybridized carbons (Fsp3) is 0.111. The van der Waals surface area contributed by atoms with Gasteiger partial charge in [0, 0.05) is 23.3 Å². The van der Waals surface area contributed by atoms with Crippen LogP contribution in [-0.4, -0.2) is 9.36 Å². The molecule has 0 unspecified atom stereocenters. The summed E-state index contributed by atoms with van der Waals surface area (Å²) in [7, 11) is 0. The van der Waals surface area contributed by atoms with Gasteiger partial charge in [-0.05, 0) is 18.6 Å². The first-order valence-corrected chi connectivity index (χ1v) is 4.84. The third-order valence-corrected chi connectivity index (χ3v) is 2.30. The Morgan fingerprint density at radius 3 is 3.00 bits per heavy atom. The summed E-state index contributed by atoms with van der Waals surface area (Å²) in [6.45, 7) is 1.95. The molecule has 0 aliphatic rings. The molecule has 0 saturated heterocycles. The van der Waals surface area contributed by atoms with Gasteiger partial charge in [-0.15, -0.1) is 0 Å². The molecular formula is C9H9N3OS. The number of benzene rings is 1. The quantitative estimate of drug-likeness (QED) is 0.767. The number of ether oxygens (including phenoxy) is 1. The molecule has 0 atom stereocenters. The zero-order valence-corrected chi connectivity index (χ0v) is 8.41. The highest BCUT2D eigenvalue weighted by atomic mass is 32.1. The van der Waals surface area contributed by atoms with Crippen LogP contribution >= 0.6 is 11.5 Å². The lowest BCUT2D eigenvalue weighted by molar-refractivity contribution is 0.475. The summed E-state index contributed by atoms with van der Waals surface area (Å²) in [4.78, 5) is 3.93. The van der Waals surface area contributed by atoms with E-state index in [0.29, 0.717) is 10.9 Å². The second kappa shape index (κ2) is 3.63. The molecule has 0 amide bonds. The maximum absolute atomic E-state index is 5.64. The van der Waals surface area contributed by atoms with Crippen molar-refractivity contribution < 1.29 is 4.74 Å². The van der Waals surface area contributed by atoms with Gasteiger partial charge in [0.15, 0.2) is 0 Å². The van der Waals surface area contributed by atoms with Gasteiger partial charge >= 0.3 is 0 Å². The average molecular weight is 207 g/mol. The molecule has 2 rings (SSSR count). The first-order valence-electron chi connectivity index (χ1n) is 4.06. The molecule has 1 aromatic carbocycles. The number of nitrogens with two attached hydrogens (primary N) is 1. The Hall–Kier alpha value is -1.62. The van der Waals surface area contributed by atoms with Crippen LogP contribution in [0.25, 0.3) is 0 Å². The third kappa shape index (κ3) is 1.82. The molecule has 0 saturated carbocycles. The predicted molar refractivity (Wildman–Crippen MR) is 55.6 cm³/mol. The van der Waals surface area contributed by atoms with Crippen LogP contribution in [0.1, 0.15) is 5.56 Å². The van der Waals surface area contributed by atoms with E-state index in [2.05, 4.69) is 9.36 Å². The molecule has 5 heteroatoms. The molecule has 0 aliphatic heterocycles. The molecule has 0 bridgehead atoms. The molecule has 0 radical (unpaired) electrons. The van der Waals surface area contributed by atoms with Crippen molar-refractivity contribution in [2.24, 2.45) is 0 Å². The first kappa shape index (κ1) is 8.96. The van der Waals surface area contributed by atoms with Gasteiger partial charge in [-0.2, -0.15) is 9.36 Å². The maximum Gasteiger partial charge on any atom is 0.298 e. The van der Waals surface area contributed by atoms with Crippen LogP contribution in [0.2, 0.25) is 0 Å². The average Bonchev–Trinajstić information content (AvgIpc) is 2.64. The minimum atomic E-state index is 0.527. The molecule has 1 aromatic heterocycles. The smallest absolute Gasteiger partial charge is 0.298 e. The fourth-order valence-corrected chi connectivity index (χ4v) is 1.43. The summed E-state index contributed by atoms with van der Waals surface area (Å²) >= 11 is 1.21. The van der Waals surface area contributed by atoms with E-state index in [9.17, 15) is 0 Å². The minimum absolute atomic E-state index is 0.527. The second-order valence-electron chi connectivity index (χ2n) is 2.83. The van der Waals surface area contributed by atoms with E-state index < -0.39 is 0 Å². The van der Waals surface area contributed by atoms with Gasteiger partial charge < -0.3 is 10.5 Å². The number of nitrogens with zero attached hydrogens (tertiary/aromatic N) is 2. The number of nitrogen functional groups attached to an aromatic ring is 1. The van der Waals surface area contributed by atoms with Crippen LogP contribution in [0.5, 0.6) is 10.9 Å². The standard InChI is InChI=1S/C9H9N3OS/c1-6-2-3-7(10)4-8(6)13-9-11-5-12-14-9/h2-5H,10H2,1H3. The Balaban J connectivity index is 2.28. The van der Waals surface area contributed by atoms with Crippen LogP contribution in [0.4, 0.5) is 5.69 Å². The van der Waals surface area contributed by atoms with Crippen LogP contribution in [0.15, 0.2) is 24.5 Å². The Bertz CT molecular complexity index is 428. The van der Waals surface area contributed by atoms with Gasteiger partial charge in [-0.25, -0.2) is 0 Å². The normalized spacial score (nSPS) is 10.1. The summed E-state index contributed by atoms with van der Waals surface area (Å²) < 4.78 is 9.34. The Morgan fingerprint density at radius 2 is 2.29 bits per heavy atom. The zero-order valence-electron chi connectivity index (χ0n) is 7.60. The number of rotatable bonds is 2. The highest BCUT2D eigenvalue weighted by Gasteiger charge is 2.03.